The number of imidazole rings is 1. The van der Waals surface area contributed by atoms with Gasteiger partial charge in [0.1, 0.15) is 0 Å². The molecule has 0 saturated heterocycles. The molecule has 3 aromatic rings. The fourth-order valence-electron chi connectivity index (χ4n) is 2.14. The van der Waals surface area contributed by atoms with Crippen LogP contribution in [-0.4, -0.2) is 19.3 Å². The highest BCUT2D eigenvalue weighted by Gasteiger charge is 2.08. The SMILES string of the molecule is Cc1cnn(CCn2c(N)nc3ccc(Cl)cc32)c1. The third-order valence-electron chi connectivity index (χ3n) is 3.05. The zero-order valence-electron chi connectivity index (χ0n) is 10.5. The van der Waals surface area contributed by atoms with Gasteiger partial charge in [0.25, 0.3) is 0 Å². The van der Waals surface area contributed by atoms with E-state index in [0.29, 0.717) is 17.5 Å². The van der Waals surface area contributed by atoms with Crippen molar-refractivity contribution < 1.29 is 0 Å². The van der Waals surface area contributed by atoms with E-state index in [1.165, 1.54) is 0 Å². The summed E-state index contributed by atoms with van der Waals surface area (Å²) in [5.74, 6) is 0.501. The molecule has 0 spiro atoms. The van der Waals surface area contributed by atoms with Crippen LogP contribution in [0.5, 0.6) is 0 Å². The van der Waals surface area contributed by atoms with Gasteiger partial charge in [0.05, 0.1) is 23.8 Å². The van der Waals surface area contributed by atoms with Gasteiger partial charge in [0, 0.05) is 17.8 Å². The lowest BCUT2D eigenvalue weighted by Gasteiger charge is -2.06. The first-order valence-corrected chi connectivity index (χ1v) is 6.41. The molecule has 19 heavy (non-hydrogen) atoms. The fraction of sp³-hybridized carbons (Fsp3) is 0.231. The van der Waals surface area contributed by atoms with E-state index < -0.39 is 0 Å². The number of aromatic nitrogens is 4. The maximum Gasteiger partial charge on any atom is 0.201 e. The molecule has 3 rings (SSSR count). The number of fused-ring (bicyclic) bond motifs is 1. The Morgan fingerprint density at radius 2 is 2.16 bits per heavy atom. The van der Waals surface area contributed by atoms with E-state index in [1.807, 2.05) is 46.8 Å². The maximum atomic E-state index is 6.02. The van der Waals surface area contributed by atoms with Crippen molar-refractivity contribution in [3.63, 3.8) is 0 Å². The Hall–Kier alpha value is -2.01. The molecular formula is C13H14ClN5. The maximum absolute atomic E-state index is 6.02. The monoisotopic (exact) mass is 275 g/mol. The van der Waals surface area contributed by atoms with Gasteiger partial charge in [-0.1, -0.05) is 11.6 Å². The van der Waals surface area contributed by atoms with E-state index in [4.69, 9.17) is 17.3 Å². The van der Waals surface area contributed by atoms with Crippen LogP contribution in [0.3, 0.4) is 0 Å². The van der Waals surface area contributed by atoms with Crippen molar-refractivity contribution in [3.05, 3.63) is 41.2 Å². The smallest absolute Gasteiger partial charge is 0.201 e. The Bertz CT molecular complexity index is 728. The summed E-state index contributed by atoms with van der Waals surface area (Å²) in [5.41, 5.74) is 8.91. The third-order valence-corrected chi connectivity index (χ3v) is 3.29. The van der Waals surface area contributed by atoms with Crippen LogP contribution in [0.25, 0.3) is 11.0 Å². The quantitative estimate of drug-likeness (QED) is 0.799. The first kappa shape index (κ1) is 12.0. The van der Waals surface area contributed by atoms with Gasteiger partial charge < -0.3 is 10.3 Å². The number of hydrogen-bond acceptors (Lipinski definition) is 3. The predicted octanol–water partition coefficient (Wildman–Crippen LogP) is 2.48. The summed E-state index contributed by atoms with van der Waals surface area (Å²) in [6.07, 6.45) is 3.84. The lowest BCUT2D eigenvalue weighted by atomic mass is 10.3. The third kappa shape index (κ3) is 2.29. The average Bonchev–Trinajstić information content (AvgIpc) is 2.90. The molecule has 6 heteroatoms. The highest BCUT2D eigenvalue weighted by atomic mass is 35.5. The Balaban J connectivity index is 1.91. The molecule has 1 aromatic carbocycles. The molecule has 0 aliphatic rings. The van der Waals surface area contributed by atoms with Crippen molar-refractivity contribution in [2.24, 2.45) is 0 Å². The molecule has 5 nitrogen and oxygen atoms in total. The minimum absolute atomic E-state index is 0.501. The summed E-state index contributed by atoms with van der Waals surface area (Å²) < 4.78 is 3.85. The topological polar surface area (TPSA) is 61.7 Å². The molecule has 0 aliphatic carbocycles. The summed E-state index contributed by atoms with van der Waals surface area (Å²) in [6, 6.07) is 5.58. The van der Waals surface area contributed by atoms with Gasteiger partial charge in [-0.3, -0.25) is 4.68 Å². The van der Waals surface area contributed by atoms with Gasteiger partial charge in [0.2, 0.25) is 5.95 Å². The number of halogens is 1. The van der Waals surface area contributed by atoms with Crippen LogP contribution >= 0.6 is 11.6 Å². The molecule has 0 radical (unpaired) electrons. The summed E-state index contributed by atoms with van der Waals surface area (Å²) >= 11 is 6.02. The second-order valence-corrected chi connectivity index (χ2v) is 4.97. The Labute approximate surface area is 115 Å². The highest BCUT2D eigenvalue weighted by molar-refractivity contribution is 6.31. The van der Waals surface area contributed by atoms with Crippen molar-refractivity contribution in [1.82, 2.24) is 19.3 Å². The number of anilines is 1. The van der Waals surface area contributed by atoms with E-state index in [0.717, 1.165) is 23.1 Å². The minimum Gasteiger partial charge on any atom is -0.369 e. The van der Waals surface area contributed by atoms with Crippen LogP contribution in [0.4, 0.5) is 5.95 Å². The zero-order chi connectivity index (χ0) is 13.4. The summed E-state index contributed by atoms with van der Waals surface area (Å²) in [6.45, 7) is 3.48. The van der Waals surface area contributed by atoms with Crippen molar-refractivity contribution in [3.8, 4) is 0 Å². The first-order valence-electron chi connectivity index (χ1n) is 6.04. The van der Waals surface area contributed by atoms with Gasteiger partial charge in [-0.15, -0.1) is 0 Å². The second-order valence-electron chi connectivity index (χ2n) is 4.54. The molecule has 0 fully saturated rings. The molecule has 0 saturated carbocycles. The number of nitrogen functional groups attached to an aromatic ring is 1. The number of nitrogens with zero attached hydrogens (tertiary/aromatic N) is 4. The second kappa shape index (κ2) is 4.59. The Kier molecular flexibility index (Phi) is 2.91. The molecule has 2 heterocycles. The molecule has 0 unspecified atom stereocenters. The van der Waals surface area contributed by atoms with Gasteiger partial charge in [-0.2, -0.15) is 5.10 Å². The fourth-order valence-corrected chi connectivity index (χ4v) is 2.31. The van der Waals surface area contributed by atoms with Crippen LogP contribution in [0.1, 0.15) is 5.56 Å². The number of hydrogen-bond donors (Lipinski definition) is 1. The van der Waals surface area contributed by atoms with E-state index in [9.17, 15) is 0 Å². The molecular weight excluding hydrogens is 262 g/mol. The van der Waals surface area contributed by atoms with Gasteiger partial charge in [-0.05, 0) is 30.7 Å². The van der Waals surface area contributed by atoms with Crippen molar-refractivity contribution in [1.29, 1.82) is 0 Å². The largest absolute Gasteiger partial charge is 0.369 e. The van der Waals surface area contributed by atoms with Gasteiger partial charge in [0.15, 0.2) is 0 Å². The summed E-state index contributed by atoms with van der Waals surface area (Å²) in [4.78, 5) is 4.32. The summed E-state index contributed by atoms with van der Waals surface area (Å²) in [5, 5.41) is 4.94. The molecule has 98 valence electrons. The van der Waals surface area contributed by atoms with Crippen LogP contribution in [0, 0.1) is 6.92 Å². The summed E-state index contributed by atoms with van der Waals surface area (Å²) in [7, 11) is 0. The van der Waals surface area contributed by atoms with Crippen molar-refractivity contribution in [2.45, 2.75) is 20.0 Å². The Morgan fingerprint density at radius 3 is 2.89 bits per heavy atom. The van der Waals surface area contributed by atoms with E-state index >= 15 is 0 Å². The predicted molar refractivity (Wildman–Crippen MR) is 76.1 cm³/mol. The lowest BCUT2D eigenvalue weighted by Crippen LogP contribution is -2.10. The average molecular weight is 276 g/mol. The van der Waals surface area contributed by atoms with Crippen molar-refractivity contribution in [2.75, 3.05) is 5.73 Å². The van der Waals surface area contributed by atoms with Crippen LogP contribution in [-0.2, 0) is 13.1 Å². The molecule has 2 N–H and O–H groups in total. The molecule has 0 atom stereocenters. The van der Waals surface area contributed by atoms with E-state index in [2.05, 4.69) is 10.1 Å². The Morgan fingerprint density at radius 1 is 1.32 bits per heavy atom. The first-order chi connectivity index (χ1) is 9.13. The number of aryl methyl sites for hydroxylation is 3. The standard InChI is InChI=1S/C13H14ClN5/c1-9-7-16-18(8-9)4-5-19-12-6-10(14)2-3-11(12)17-13(19)15/h2-3,6-8H,4-5H2,1H3,(H2,15,17). The molecule has 2 aromatic heterocycles. The number of rotatable bonds is 3. The number of benzene rings is 1. The van der Waals surface area contributed by atoms with E-state index in [1.54, 1.807) is 0 Å². The normalized spacial score (nSPS) is 11.3. The lowest BCUT2D eigenvalue weighted by molar-refractivity contribution is 0.544. The highest BCUT2D eigenvalue weighted by Crippen LogP contribution is 2.21. The molecule has 0 amide bonds. The number of nitrogens with two attached hydrogens (primary N) is 1. The van der Waals surface area contributed by atoms with E-state index in [-0.39, 0.29) is 0 Å². The van der Waals surface area contributed by atoms with Gasteiger partial charge >= 0.3 is 0 Å². The van der Waals surface area contributed by atoms with Crippen LogP contribution in [0.2, 0.25) is 5.02 Å². The zero-order valence-corrected chi connectivity index (χ0v) is 11.3. The van der Waals surface area contributed by atoms with Crippen LogP contribution in [0.15, 0.2) is 30.6 Å². The molecule has 0 bridgehead atoms. The minimum atomic E-state index is 0.501. The van der Waals surface area contributed by atoms with Gasteiger partial charge in [-0.25, -0.2) is 4.98 Å². The molecule has 0 aliphatic heterocycles. The van der Waals surface area contributed by atoms with Crippen molar-refractivity contribution >= 4 is 28.6 Å². The van der Waals surface area contributed by atoms with Crippen LogP contribution < -0.4 is 5.73 Å².